The molecular formula is C19H20ClNO2. The van der Waals surface area contributed by atoms with E-state index >= 15 is 0 Å². The number of hydrogen-bond donors (Lipinski definition) is 0. The quantitative estimate of drug-likeness (QED) is 0.820. The minimum Gasteiger partial charge on any atom is -0.369 e. The van der Waals surface area contributed by atoms with Crippen molar-refractivity contribution in [2.45, 2.75) is 25.5 Å². The second-order valence-corrected chi connectivity index (χ2v) is 6.89. The Bertz CT molecular complexity index is 700. The lowest BCUT2D eigenvalue weighted by atomic mass is 9.97. The van der Waals surface area contributed by atoms with Crippen molar-refractivity contribution in [2.75, 3.05) is 13.2 Å². The highest BCUT2D eigenvalue weighted by Gasteiger charge is 2.38. The molecule has 1 fully saturated rings. The minimum atomic E-state index is -0.345. The van der Waals surface area contributed by atoms with E-state index in [9.17, 15) is 4.79 Å². The summed E-state index contributed by atoms with van der Waals surface area (Å²) in [6.45, 7) is 5.06. The zero-order valence-electron chi connectivity index (χ0n) is 13.3. The first-order valence-corrected chi connectivity index (χ1v) is 8.09. The van der Waals surface area contributed by atoms with Crippen LogP contribution in [0.1, 0.15) is 35.9 Å². The van der Waals surface area contributed by atoms with Gasteiger partial charge in [0.05, 0.1) is 18.7 Å². The molecular weight excluding hydrogens is 310 g/mol. The van der Waals surface area contributed by atoms with E-state index in [-0.39, 0.29) is 17.6 Å². The van der Waals surface area contributed by atoms with Crippen molar-refractivity contribution in [1.29, 1.82) is 0 Å². The van der Waals surface area contributed by atoms with Crippen LogP contribution in [-0.4, -0.2) is 29.5 Å². The first kappa shape index (κ1) is 16.0. The largest absolute Gasteiger partial charge is 0.369 e. The Kier molecular flexibility index (Phi) is 4.42. The average Bonchev–Trinajstić information content (AvgIpc) is 2.55. The molecule has 0 aliphatic carbocycles. The first-order valence-electron chi connectivity index (χ1n) is 7.71. The number of rotatable bonds is 2. The van der Waals surface area contributed by atoms with Gasteiger partial charge >= 0.3 is 0 Å². The summed E-state index contributed by atoms with van der Waals surface area (Å²) in [6, 6.07) is 17.0. The zero-order valence-corrected chi connectivity index (χ0v) is 14.1. The highest BCUT2D eigenvalue weighted by Crippen LogP contribution is 2.32. The minimum absolute atomic E-state index is 0.0333. The lowest BCUT2D eigenvalue weighted by molar-refractivity contribution is -0.0846. The fourth-order valence-electron chi connectivity index (χ4n) is 2.85. The Morgan fingerprint density at radius 3 is 2.61 bits per heavy atom. The van der Waals surface area contributed by atoms with Crippen LogP contribution in [0.25, 0.3) is 0 Å². The summed E-state index contributed by atoms with van der Waals surface area (Å²) in [5.41, 5.74) is 1.35. The molecule has 3 rings (SSSR count). The van der Waals surface area contributed by atoms with E-state index in [1.165, 1.54) is 0 Å². The topological polar surface area (TPSA) is 29.5 Å². The lowest BCUT2D eigenvalue weighted by Gasteiger charge is -2.45. The predicted molar refractivity (Wildman–Crippen MR) is 91.7 cm³/mol. The maximum Gasteiger partial charge on any atom is 0.254 e. The molecule has 120 valence electrons. The number of carbonyl (C=O) groups excluding carboxylic acids is 1. The van der Waals surface area contributed by atoms with Gasteiger partial charge in [-0.15, -0.1) is 0 Å². The van der Waals surface area contributed by atoms with Crippen LogP contribution in [0.2, 0.25) is 5.02 Å². The third-order valence-corrected chi connectivity index (χ3v) is 4.44. The molecule has 1 aliphatic rings. The molecule has 0 bridgehead atoms. The van der Waals surface area contributed by atoms with Gasteiger partial charge in [-0.05, 0) is 43.7 Å². The van der Waals surface area contributed by atoms with Crippen LogP contribution in [0.3, 0.4) is 0 Å². The number of nitrogens with zero attached hydrogens (tertiary/aromatic N) is 1. The SMILES string of the molecule is CC1(C)COC(c2cccc(Cl)c2)CN1C(=O)c1ccccc1. The maximum absolute atomic E-state index is 12.9. The van der Waals surface area contributed by atoms with Crippen LogP contribution in [0, 0.1) is 0 Å². The monoisotopic (exact) mass is 329 g/mol. The fraction of sp³-hybridized carbons (Fsp3) is 0.316. The molecule has 1 amide bonds. The van der Waals surface area contributed by atoms with E-state index in [1.807, 2.05) is 73.3 Å². The predicted octanol–water partition coefficient (Wildman–Crippen LogP) is 4.33. The fourth-order valence-corrected chi connectivity index (χ4v) is 3.05. The van der Waals surface area contributed by atoms with Crippen molar-refractivity contribution in [2.24, 2.45) is 0 Å². The van der Waals surface area contributed by atoms with Gasteiger partial charge in [-0.3, -0.25) is 4.79 Å². The molecule has 1 saturated heterocycles. The van der Waals surface area contributed by atoms with E-state index in [1.54, 1.807) is 0 Å². The summed E-state index contributed by atoms with van der Waals surface area (Å²) in [7, 11) is 0. The molecule has 0 saturated carbocycles. The molecule has 0 aromatic heterocycles. The summed E-state index contributed by atoms with van der Waals surface area (Å²) < 4.78 is 6.00. The molecule has 4 heteroatoms. The number of hydrogen-bond acceptors (Lipinski definition) is 2. The van der Waals surface area contributed by atoms with Gasteiger partial charge in [-0.25, -0.2) is 0 Å². The van der Waals surface area contributed by atoms with Gasteiger partial charge in [0.2, 0.25) is 0 Å². The van der Waals surface area contributed by atoms with Crippen molar-refractivity contribution in [1.82, 2.24) is 4.90 Å². The third-order valence-electron chi connectivity index (χ3n) is 4.20. The van der Waals surface area contributed by atoms with Crippen LogP contribution < -0.4 is 0 Å². The summed E-state index contributed by atoms with van der Waals surface area (Å²) in [5, 5.41) is 0.678. The zero-order chi connectivity index (χ0) is 16.4. The molecule has 23 heavy (non-hydrogen) atoms. The Hall–Kier alpha value is -1.84. The van der Waals surface area contributed by atoms with Crippen molar-refractivity contribution in [3.05, 3.63) is 70.7 Å². The van der Waals surface area contributed by atoms with Crippen molar-refractivity contribution >= 4 is 17.5 Å². The second kappa shape index (κ2) is 6.34. The number of ether oxygens (including phenoxy) is 1. The average molecular weight is 330 g/mol. The number of amides is 1. The molecule has 1 unspecified atom stereocenters. The van der Waals surface area contributed by atoms with Gasteiger partial charge in [0, 0.05) is 10.6 Å². The van der Waals surface area contributed by atoms with E-state index in [0.29, 0.717) is 23.7 Å². The highest BCUT2D eigenvalue weighted by atomic mass is 35.5. The molecule has 0 radical (unpaired) electrons. The van der Waals surface area contributed by atoms with Gasteiger partial charge in [0.1, 0.15) is 6.10 Å². The Morgan fingerprint density at radius 1 is 1.17 bits per heavy atom. The highest BCUT2D eigenvalue weighted by molar-refractivity contribution is 6.30. The lowest BCUT2D eigenvalue weighted by Crippen LogP contribution is -2.56. The van der Waals surface area contributed by atoms with E-state index in [4.69, 9.17) is 16.3 Å². The Labute approximate surface area is 141 Å². The van der Waals surface area contributed by atoms with Crippen LogP contribution in [0.5, 0.6) is 0 Å². The van der Waals surface area contributed by atoms with Gasteiger partial charge in [-0.1, -0.05) is 41.9 Å². The van der Waals surface area contributed by atoms with Crippen molar-refractivity contribution < 1.29 is 9.53 Å². The van der Waals surface area contributed by atoms with Crippen LogP contribution >= 0.6 is 11.6 Å². The number of morpholine rings is 1. The van der Waals surface area contributed by atoms with E-state index in [2.05, 4.69) is 0 Å². The first-order chi connectivity index (χ1) is 11.0. The van der Waals surface area contributed by atoms with E-state index in [0.717, 1.165) is 5.56 Å². The summed E-state index contributed by atoms with van der Waals surface area (Å²) in [5.74, 6) is 0.0333. The number of halogens is 1. The number of benzene rings is 2. The maximum atomic E-state index is 12.9. The Morgan fingerprint density at radius 2 is 1.91 bits per heavy atom. The third kappa shape index (κ3) is 3.41. The summed E-state index contributed by atoms with van der Waals surface area (Å²) >= 11 is 6.08. The van der Waals surface area contributed by atoms with Crippen molar-refractivity contribution in [3.8, 4) is 0 Å². The Balaban J connectivity index is 1.87. The normalized spacial score (nSPS) is 20.3. The summed E-state index contributed by atoms with van der Waals surface area (Å²) in [4.78, 5) is 14.8. The van der Waals surface area contributed by atoms with Crippen LogP contribution in [0.4, 0.5) is 0 Å². The van der Waals surface area contributed by atoms with Gasteiger partial charge in [-0.2, -0.15) is 0 Å². The van der Waals surface area contributed by atoms with Gasteiger partial charge in [0.25, 0.3) is 5.91 Å². The molecule has 0 N–H and O–H groups in total. The van der Waals surface area contributed by atoms with Crippen molar-refractivity contribution in [3.63, 3.8) is 0 Å². The molecule has 3 nitrogen and oxygen atoms in total. The van der Waals surface area contributed by atoms with Crippen LogP contribution in [0.15, 0.2) is 54.6 Å². The second-order valence-electron chi connectivity index (χ2n) is 6.45. The van der Waals surface area contributed by atoms with Crippen LogP contribution in [-0.2, 0) is 4.74 Å². The number of carbonyl (C=O) groups is 1. The van der Waals surface area contributed by atoms with Gasteiger partial charge < -0.3 is 9.64 Å². The molecule has 1 aliphatic heterocycles. The van der Waals surface area contributed by atoms with E-state index < -0.39 is 0 Å². The standard InChI is InChI=1S/C19H20ClNO2/c1-19(2)13-23-17(15-9-6-10-16(20)11-15)12-21(19)18(22)14-7-4-3-5-8-14/h3-11,17H,12-13H2,1-2H3. The summed E-state index contributed by atoms with van der Waals surface area (Å²) in [6.07, 6.45) is -0.158. The molecule has 0 spiro atoms. The molecule has 2 aromatic carbocycles. The molecule has 1 atom stereocenters. The van der Waals surface area contributed by atoms with Gasteiger partial charge in [0.15, 0.2) is 0 Å². The molecule has 2 aromatic rings. The molecule has 1 heterocycles. The smallest absolute Gasteiger partial charge is 0.254 e.